The average molecular weight is 357 g/mol. The number of aryl methyl sites for hydroxylation is 1. The van der Waals surface area contributed by atoms with Crippen molar-refractivity contribution < 1.29 is 4.74 Å². The molecule has 134 valence electrons. The maximum Gasteiger partial charge on any atom is 0.155 e. The number of para-hydroxylation sites is 1. The van der Waals surface area contributed by atoms with Crippen molar-refractivity contribution in [1.82, 2.24) is 19.7 Å². The fourth-order valence-electron chi connectivity index (χ4n) is 2.80. The first kappa shape index (κ1) is 16.8. The number of hydrogen-bond donors (Lipinski definition) is 1. The van der Waals surface area contributed by atoms with Crippen molar-refractivity contribution in [2.75, 3.05) is 12.4 Å². The molecule has 4 aromatic rings. The molecule has 0 aliphatic carbocycles. The molecular formula is C21H19N5O. The zero-order valence-electron chi connectivity index (χ0n) is 15.1. The smallest absolute Gasteiger partial charge is 0.155 e. The van der Waals surface area contributed by atoms with E-state index in [0.717, 1.165) is 34.1 Å². The highest BCUT2D eigenvalue weighted by Gasteiger charge is 2.06. The third kappa shape index (κ3) is 3.64. The van der Waals surface area contributed by atoms with Crippen molar-refractivity contribution >= 4 is 11.6 Å². The van der Waals surface area contributed by atoms with Crippen molar-refractivity contribution in [3.8, 4) is 22.7 Å². The Hall–Kier alpha value is -3.67. The van der Waals surface area contributed by atoms with Crippen molar-refractivity contribution in [3.63, 3.8) is 0 Å². The van der Waals surface area contributed by atoms with Gasteiger partial charge in [-0.15, -0.1) is 0 Å². The Kier molecular flexibility index (Phi) is 4.53. The van der Waals surface area contributed by atoms with Crippen molar-refractivity contribution in [3.05, 3.63) is 78.8 Å². The summed E-state index contributed by atoms with van der Waals surface area (Å²) < 4.78 is 7.17. The minimum atomic E-state index is 0.707. The standard InChI is InChI=1S/C21H19N5O/c1-15-12-23-26(14-15)21-9-5-8-20(25-21)24-19-11-10-16(13-22-19)17-6-3-4-7-18(17)27-2/h3-14H,1-2H3,(H,22,24,25). The predicted molar refractivity (Wildman–Crippen MR) is 106 cm³/mol. The number of ether oxygens (including phenoxy) is 1. The zero-order chi connectivity index (χ0) is 18.6. The Morgan fingerprint density at radius 1 is 0.926 bits per heavy atom. The molecule has 1 N–H and O–H groups in total. The molecule has 3 heterocycles. The first-order valence-corrected chi connectivity index (χ1v) is 8.58. The van der Waals surface area contributed by atoms with Crippen LogP contribution in [0.1, 0.15) is 5.56 Å². The van der Waals surface area contributed by atoms with Crippen molar-refractivity contribution in [2.45, 2.75) is 6.92 Å². The fourth-order valence-corrected chi connectivity index (χ4v) is 2.80. The zero-order valence-corrected chi connectivity index (χ0v) is 15.1. The van der Waals surface area contributed by atoms with E-state index in [2.05, 4.69) is 20.4 Å². The fraction of sp³-hybridized carbons (Fsp3) is 0.0952. The van der Waals surface area contributed by atoms with Gasteiger partial charge < -0.3 is 10.1 Å². The van der Waals surface area contributed by atoms with Gasteiger partial charge in [0.05, 0.1) is 13.3 Å². The minimum absolute atomic E-state index is 0.707. The van der Waals surface area contributed by atoms with Crippen LogP contribution in [-0.2, 0) is 0 Å². The van der Waals surface area contributed by atoms with E-state index in [1.54, 1.807) is 18.0 Å². The molecule has 0 amide bonds. The van der Waals surface area contributed by atoms with E-state index in [4.69, 9.17) is 4.74 Å². The molecule has 3 aromatic heterocycles. The summed E-state index contributed by atoms with van der Waals surface area (Å²) in [5.74, 6) is 3.00. The van der Waals surface area contributed by atoms with Crippen LogP contribution < -0.4 is 10.1 Å². The molecule has 0 aliphatic heterocycles. The molecule has 0 saturated heterocycles. The summed E-state index contributed by atoms with van der Waals surface area (Å²) in [6.45, 7) is 2.00. The topological polar surface area (TPSA) is 64.9 Å². The van der Waals surface area contributed by atoms with Crippen LogP contribution in [-0.4, -0.2) is 26.9 Å². The highest BCUT2D eigenvalue weighted by molar-refractivity contribution is 5.70. The minimum Gasteiger partial charge on any atom is -0.496 e. The molecule has 6 nitrogen and oxygen atoms in total. The van der Waals surface area contributed by atoms with Gasteiger partial charge in [-0.3, -0.25) is 0 Å². The van der Waals surface area contributed by atoms with E-state index in [1.807, 2.05) is 73.9 Å². The number of pyridine rings is 2. The van der Waals surface area contributed by atoms with E-state index >= 15 is 0 Å². The molecule has 0 atom stereocenters. The van der Waals surface area contributed by atoms with Crippen molar-refractivity contribution in [1.29, 1.82) is 0 Å². The van der Waals surface area contributed by atoms with Crippen LogP contribution >= 0.6 is 0 Å². The number of nitrogens with zero attached hydrogens (tertiary/aromatic N) is 4. The quantitative estimate of drug-likeness (QED) is 0.574. The van der Waals surface area contributed by atoms with Gasteiger partial charge in [0.2, 0.25) is 0 Å². The number of methoxy groups -OCH3 is 1. The monoisotopic (exact) mass is 357 g/mol. The summed E-state index contributed by atoms with van der Waals surface area (Å²) in [4.78, 5) is 9.09. The Balaban J connectivity index is 1.55. The van der Waals surface area contributed by atoms with Crippen LogP contribution in [0.4, 0.5) is 11.6 Å². The number of rotatable bonds is 5. The number of hydrogen-bond acceptors (Lipinski definition) is 5. The highest BCUT2D eigenvalue weighted by Crippen LogP contribution is 2.29. The summed E-state index contributed by atoms with van der Waals surface area (Å²) in [7, 11) is 1.67. The molecule has 6 heteroatoms. The SMILES string of the molecule is COc1ccccc1-c1ccc(Nc2cccc(-n3cc(C)cn3)n2)nc1. The van der Waals surface area contributed by atoms with Gasteiger partial charge in [-0.1, -0.05) is 24.3 Å². The Morgan fingerprint density at radius 2 is 1.81 bits per heavy atom. The number of nitrogens with one attached hydrogen (secondary N) is 1. The Morgan fingerprint density at radius 3 is 2.56 bits per heavy atom. The molecule has 0 unspecified atom stereocenters. The molecule has 0 fully saturated rings. The van der Waals surface area contributed by atoms with Crippen LogP contribution in [0.5, 0.6) is 5.75 Å². The van der Waals surface area contributed by atoms with Crippen molar-refractivity contribution in [2.24, 2.45) is 0 Å². The molecule has 0 saturated carbocycles. The maximum atomic E-state index is 5.42. The van der Waals surface area contributed by atoms with Gasteiger partial charge in [-0.2, -0.15) is 5.10 Å². The van der Waals surface area contributed by atoms with E-state index in [-0.39, 0.29) is 0 Å². The van der Waals surface area contributed by atoms with E-state index in [1.165, 1.54) is 0 Å². The van der Waals surface area contributed by atoms with Gasteiger partial charge in [0.15, 0.2) is 5.82 Å². The summed E-state index contributed by atoms with van der Waals surface area (Å²) in [6.07, 6.45) is 5.56. The van der Waals surface area contributed by atoms with Gasteiger partial charge in [0.25, 0.3) is 0 Å². The van der Waals surface area contributed by atoms with Crippen LogP contribution in [0.3, 0.4) is 0 Å². The predicted octanol–water partition coefficient (Wildman–Crippen LogP) is 4.39. The van der Waals surface area contributed by atoms with Crippen LogP contribution in [0.15, 0.2) is 73.2 Å². The second-order valence-electron chi connectivity index (χ2n) is 6.10. The number of benzene rings is 1. The van der Waals surface area contributed by atoms with Crippen LogP contribution in [0.2, 0.25) is 0 Å². The Labute approximate surface area is 157 Å². The molecular weight excluding hydrogens is 338 g/mol. The average Bonchev–Trinajstić information content (AvgIpc) is 3.15. The first-order chi connectivity index (χ1) is 13.2. The lowest BCUT2D eigenvalue weighted by Gasteiger charge is -2.10. The van der Waals surface area contributed by atoms with Gasteiger partial charge in [-0.05, 0) is 42.8 Å². The molecule has 27 heavy (non-hydrogen) atoms. The van der Waals surface area contributed by atoms with Gasteiger partial charge in [0, 0.05) is 23.5 Å². The van der Waals surface area contributed by atoms with E-state index < -0.39 is 0 Å². The van der Waals surface area contributed by atoms with Crippen LogP contribution in [0, 0.1) is 6.92 Å². The first-order valence-electron chi connectivity index (χ1n) is 8.58. The molecule has 1 aromatic carbocycles. The van der Waals surface area contributed by atoms with Gasteiger partial charge in [0.1, 0.15) is 17.4 Å². The van der Waals surface area contributed by atoms with Gasteiger partial charge in [-0.25, -0.2) is 14.6 Å². The largest absolute Gasteiger partial charge is 0.496 e. The second kappa shape index (κ2) is 7.29. The van der Waals surface area contributed by atoms with Crippen LogP contribution in [0.25, 0.3) is 16.9 Å². The number of anilines is 2. The second-order valence-corrected chi connectivity index (χ2v) is 6.10. The van der Waals surface area contributed by atoms with Gasteiger partial charge >= 0.3 is 0 Å². The summed E-state index contributed by atoms with van der Waals surface area (Å²) >= 11 is 0. The molecule has 0 aliphatic rings. The lowest BCUT2D eigenvalue weighted by atomic mass is 10.1. The summed E-state index contributed by atoms with van der Waals surface area (Å²) in [6, 6.07) is 17.6. The summed E-state index contributed by atoms with van der Waals surface area (Å²) in [5.41, 5.74) is 3.09. The molecule has 0 radical (unpaired) electrons. The maximum absolute atomic E-state index is 5.42. The molecule has 0 spiro atoms. The normalized spacial score (nSPS) is 10.6. The van der Waals surface area contributed by atoms with E-state index in [0.29, 0.717) is 5.82 Å². The lowest BCUT2D eigenvalue weighted by Crippen LogP contribution is -2.01. The van der Waals surface area contributed by atoms with E-state index in [9.17, 15) is 0 Å². The highest BCUT2D eigenvalue weighted by atomic mass is 16.5. The number of aromatic nitrogens is 4. The Bertz CT molecular complexity index is 1060. The third-order valence-corrected chi connectivity index (χ3v) is 4.12. The molecule has 4 rings (SSSR count). The summed E-state index contributed by atoms with van der Waals surface area (Å²) in [5, 5.41) is 7.53. The lowest BCUT2D eigenvalue weighted by molar-refractivity contribution is 0.416. The third-order valence-electron chi connectivity index (χ3n) is 4.12. The molecule has 0 bridgehead atoms.